The molecule has 2 saturated heterocycles. The molecular weight excluding hydrogens is 216 g/mol. The summed E-state index contributed by atoms with van der Waals surface area (Å²) in [7, 11) is 0. The Hall–Kier alpha value is -0.610. The number of hydrogen-bond acceptors (Lipinski definition) is 3. The Balaban J connectivity index is 1.62. The predicted molar refractivity (Wildman–Crippen MR) is 66.8 cm³/mol. The van der Waals surface area contributed by atoms with Crippen LogP contribution >= 0.6 is 0 Å². The van der Waals surface area contributed by atoms with Gasteiger partial charge in [0.25, 0.3) is 0 Å². The number of carbonyl (C=O) groups excluding carboxylic acids is 1. The number of nitrogens with zero attached hydrogens (tertiary/aromatic N) is 1. The monoisotopic (exact) mass is 240 g/mol. The Labute approximate surface area is 104 Å². The Bertz CT molecular complexity index is 252. The molecule has 98 valence electrons. The lowest BCUT2D eigenvalue weighted by Crippen LogP contribution is -2.43. The average molecular weight is 240 g/mol. The summed E-state index contributed by atoms with van der Waals surface area (Å²) in [4.78, 5) is 14.0. The first-order valence-electron chi connectivity index (χ1n) is 6.84. The van der Waals surface area contributed by atoms with Gasteiger partial charge in [-0.2, -0.15) is 0 Å². The number of hydrogen-bond donors (Lipinski definition) is 1. The highest BCUT2D eigenvalue weighted by Crippen LogP contribution is 2.15. The van der Waals surface area contributed by atoms with E-state index in [1.165, 1.54) is 12.8 Å². The Morgan fingerprint density at radius 2 is 2.29 bits per heavy atom. The molecule has 0 bridgehead atoms. The molecule has 2 aliphatic rings. The van der Waals surface area contributed by atoms with Gasteiger partial charge in [0.15, 0.2) is 0 Å². The fraction of sp³-hybridized carbons (Fsp3) is 0.923. The van der Waals surface area contributed by atoms with Gasteiger partial charge in [0, 0.05) is 19.7 Å². The molecule has 4 heteroatoms. The van der Waals surface area contributed by atoms with Gasteiger partial charge in [0.2, 0.25) is 5.91 Å². The van der Waals surface area contributed by atoms with E-state index < -0.39 is 0 Å². The highest BCUT2D eigenvalue weighted by Gasteiger charge is 2.20. The van der Waals surface area contributed by atoms with Crippen molar-refractivity contribution in [3.05, 3.63) is 0 Å². The lowest BCUT2D eigenvalue weighted by Gasteiger charge is -2.30. The number of likely N-dealkylation sites (tertiary alicyclic amines) is 1. The molecule has 0 spiro atoms. The largest absolute Gasteiger partial charge is 0.376 e. The van der Waals surface area contributed by atoms with Gasteiger partial charge in [0.05, 0.1) is 12.6 Å². The smallest absolute Gasteiger partial charge is 0.234 e. The number of rotatable bonds is 4. The average Bonchev–Trinajstić information content (AvgIpc) is 2.79. The molecule has 0 saturated carbocycles. The first-order valence-corrected chi connectivity index (χ1v) is 6.84. The van der Waals surface area contributed by atoms with Crippen LogP contribution in [0.1, 0.15) is 32.6 Å². The van der Waals surface area contributed by atoms with Crippen molar-refractivity contribution in [3.8, 4) is 0 Å². The number of carbonyl (C=O) groups is 1. The van der Waals surface area contributed by atoms with E-state index in [2.05, 4.69) is 17.1 Å². The Morgan fingerprint density at radius 3 is 3.00 bits per heavy atom. The van der Waals surface area contributed by atoms with Gasteiger partial charge in [0.1, 0.15) is 0 Å². The van der Waals surface area contributed by atoms with Crippen molar-refractivity contribution in [2.75, 3.05) is 32.8 Å². The van der Waals surface area contributed by atoms with Gasteiger partial charge in [-0.1, -0.05) is 6.92 Å². The quantitative estimate of drug-likeness (QED) is 0.797. The zero-order valence-corrected chi connectivity index (χ0v) is 10.8. The van der Waals surface area contributed by atoms with Crippen LogP contribution in [-0.2, 0) is 9.53 Å². The van der Waals surface area contributed by atoms with Crippen LogP contribution in [0.3, 0.4) is 0 Å². The molecule has 1 N–H and O–H groups in total. The van der Waals surface area contributed by atoms with Gasteiger partial charge < -0.3 is 10.1 Å². The fourth-order valence-corrected chi connectivity index (χ4v) is 2.72. The van der Waals surface area contributed by atoms with Crippen LogP contribution in [0.2, 0.25) is 0 Å². The summed E-state index contributed by atoms with van der Waals surface area (Å²) < 4.78 is 5.48. The molecule has 2 aliphatic heterocycles. The van der Waals surface area contributed by atoms with Crippen molar-refractivity contribution in [1.82, 2.24) is 10.2 Å². The van der Waals surface area contributed by atoms with E-state index in [9.17, 15) is 4.79 Å². The third-order valence-electron chi connectivity index (χ3n) is 3.66. The minimum absolute atomic E-state index is 0.148. The van der Waals surface area contributed by atoms with Crippen molar-refractivity contribution in [3.63, 3.8) is 0 Å². The molecule has 0 unspecified atom stereocenters. The van der Waals surface area contributed by atoms with Gasteiger partial charge in [-0.15, -0.1) is 0 Å². The molecule has 2 rings (SSSR count). The van der Waals surface area contributed by atoms with Crippen molar-refractivity contribution in [2.45, 2.75) is 38.7 Å². The number of amides is 1. The van der Waals surface area contributed by atoms with E-state index in [0.29, 0.717) is 13.1 Å². The molecule has 0 aromatic heterocycles. The third-order valence-corrected chi connectivity index (χ3v) is 3.66. The maximum absolute atomic E-state index is 11.8. The molecule has 17 heavy (non-hydrogen) atoms. The van der Waals surface area contributed by atoms with E-state index >= 15 is 0 Å². The van der Waals surface area contributed by atoms with E-state index in [4.69, 9.17) is 4.74 Å². The lowest BCUT2D eigenvalue weighted by atomic mass is 10.0. The standard InChI is InChI=1S/C13H24N2O2/c1-11-4-2-6-15(9-11)10-13(16)14-8-12-5-3-7-17-12/h11-12H,2-10H2,1H3,(H,14,16)/t11-,12-/m1/s1. The predicted octanol–water partition coefficient (Wildman–Crippen LogP) is 1.01. The zero-order chi connectivity index (χ0) is 12.1. The van der Waals surface area contributed by atoms with Crippen molar-refractivity contribution < 1.29 is 9.53 Å². The van der Waals surface area contributed by atoms with Gasteiger partial charge in [-0.05, 0) is 38.1 Å². The summed E-state index contributed by atoms with van der Waals surface area (Å²) in [5.41, 5.74) is 0. The van der Waals surface area contributed by atoms with E-state index in [1.54, 1.807) is 0 Å². The molecule has 4 nitrogen and oxygen atoms in total. The highest BCUT2D eigenvalue weighted by atomic mass is 16.5. The SMILES string of the molecule is C[C@@H]1CCCN(CC(=O)NC[C@H]2CCCO2)C1. The lowest BCUT2D eigenvalue weighted by molar-refractivity contribution is -0.123. The molecule has 0 aliphatic carbocycles. The van der Waals surface area contributed by atoms with Crippen LogP contribution in [0.5, 0.6) is 0 Å². The summed E-state index contributed by atoms with van der Waals surface area (Å²) in [5.74, 6) is 0.879. The maximum Gasteiger partial charge on any atom is 0.234 e. The van der Waals surface area contributed by atoms with Crippen LogP contribution < -0.4 is 5.32 Å². The van der Waals surface area contributed by atoms with Crippen molar-refractivity contribution in [2.24, 2.45) is 5.92 Å². The maximum atomic E-state index is 11.8. The molecule has 0 radical (unpaired) electrons. The molecule has 2 atom stereocenters. The second-order valence-electron chi connectivity index (χ2n) is 5.42. The second kappa shape index (κ2) is 6.36. The second-order valence-corrected chi connectivity index (χ2v) is 5.42. The van der Waals surface area contributed by atoms with E-state index in [1.807, 2.05) is 0 Å². The van der Waals surface area contributed by atoms with Crippen LogP contribution in [0.4, 0.5) is 0 Å². The molecule has 2 fully saturated rings. The number of piperidine rings is 1. The van der Waals surface area contributed by atoms with Gasteiger partial charge in [-0.25, -0.2) is 0 Å². The molecule has 1 amide bonds. The zero-order valence-electron chi connectivity index (χ0n) is 10.8. The number of ether oxygens (including phenoxy) is 1. The molecular formula is C13H24N2O2. The molecule has 0 aromatic carbocycles. The van der Waals surface area contributed by atoms with Crippen molar-refractivity contribution in [1.29, 1.82) is 0 Å². The topological polar surface area (TPSA) is 41.6 Å². The molecule has 0 aromatic rings. The number of nitrogens with one attached hydrogen (secondary N) is 1. The van der Waals surface area contributed by atoms with E-state index in [0.717, 1.165) is 38.5 Å². The minimum Gasteiger partial charge on any atom is -0.376 e. The van der Waals surface area contributed by atoms with Crippen molar-refractivity contribution >= 4 is 5.91 Å². The summed E-state index contributed by atoms with van der Waals surface area (Å²) in [6.07, 6.45) is 4.98. The van der Waals surface area contributed by atoms with Crippen LogP contribution in [-0.4, -0.2) is 49.7 Å². The summed E-state index contributed by atoms with van der Waals surface area (Å²) in [6, 6.07) is 0. The first kappa shape index (κ1) is 12.8. The highest BCUT2D eigenvalue weighted by molar-refractivity contribution is 5.78. The summed E-state index contributed by atoms with van der Waals surface area (Å²) >= 11 is 0. The Morgan fingerprint density at radius 1 is 1.41 bits per heavy atom. The Kier molecular flexibility index (Phi) is 4.80. The minimum atomic E-state index is 0.148. The van der Waals surface area contributed by atoms with Crippen LogP contribution in [0.25, 0.3) is 0 Å². The van der Waals surface area contributed by atoms with Gasteiger partial charge in [-0.3, -0.25) is 9.69 Å². The summed E-state index contributed by atoms with van der Waals surface area (Å²) in [6.45, 7) is 6.48. The normalized spacial score (nSPS) is 30.4. The first-order chi connectivity index (χ1) is 8.24. The van der Waals surface area contributed by atoms with Gasteiger partial charge >= 0.3 is 0 Å². The summed E-state index contributed by atoms with van der Waals surface area (Å²) in [5, 5.41) is 2.98. The third kappa shape index (κ3) is 4.28. The van der Waals surface area contributed by atoms with E-state index in [-0.39, 0.29) is 12.0 Å². The van der Waals surface area contributed by atoms with Crippen LogP contribution in [0, 0.1) is 5.92 Å². The molecule has 2 heterocycles. The van der Waals surface area contributed by atoms with Crippen LogP contribution in [0.15, 0.2) is 0 Å². The fourth-order valence-electron chi connectivity index (χ4n) is 2.72.